The van der Waals surface area contributed by atoms with Crippen LogP contribution in [-0.4, -0.2) is 11.1 Å². The molecule has 148 valence electrons. The number of nitrogens with zero attached hydrogens (tertiary/aromatic N) is 2. The summed E-state index contributed by atoms with van der Waals surface area (Å²) < 4.78 is 6.47. The molecule has 3 aromatic carbocycles. The van der Waals surface area contributed by atoms with Crippen LogP contribution in [0.25, 0.3) is 10.2 Å². The molecule has 30 heavy (non-hydrogen) atoms. The molecule has 0 bridgehead atoms. The van der Waals surface area contributed by atoms with Gasteiger partial charge in [-0.25, -0.2) is 9.78 Å². The predicted molar refractivity (Wildman–Crippen MR) is 117 cm³/mol. The summed E-state index contributed by atoms with van der Waals surface area (Å²) in [5.74, 6) is 0. The van der Waals surface area contributed by atoms with E-state index in [4.69, 9.17) is 9.72 Å². The molecule has 0 fully saturated rings. The van der Waals surface area contributed by atoms with E-state index < -0.39 is 6.09 Å². The number of ether oxygens (including phenoxy) is 1. The first-order valence-corrected chi connectivity index (χ1v) is 10.3. The number of benzene rings is 3. The molecule has 1 unspecified atom stereocenters. The molecule has 6 heteroatoms. The van der Waals surface area contributed by atoms with Gasteiger partial charge in [0.25, 0.3) is 0 Å². The SMILES string of the molecule is N#Cc1cccc(CC(NC(=O)OCc2ccccc2)c2nc3ccccc3s2)c1. The van der Waals surface area contributed by atoms with Crippen LogP contribution < -0.4 is 5.32 Å². The maximum atomic E-state index is 12.5. The topological polar surface area (TPSA) is 75.0 Å². The number of hydrogen-bond donors (Lipinski definition) is 1. The third kappa shape index (κ3) is 4.83. The highest BCUT2D eigenvalue weighted by Crippen LogP contribution is 2.28. The Morgan fingerprint density at radius 1 is 1.03 bits per heavy atom. The van der Waals surface area contributed by atoms with Crippen LogP contribution in [0, 0.1) is 11.3 Å². The fourth-order valence-electron chi connectivity index (χ4n) is 3.15. The lowest BCUT2D eigenvalue weighted by Crippen LogP contribution is -2.30. The first-order valence-electron chi connectivity index (χ1n) is 9.53. The standard InChI is InChI=1S/C24H19N3O2S/c25-15-19-10-6-9-18(13-19)14-21(23-26-20-11-4-5-12-22(20)30-23)27-24(28)29-16-17-7-2-1-3-8-17/h1-13,21H,14,16H2,(H,27,28). The zero-order valence-electron chi connectivity index (χ0n) is 16.1. The molecule has 1 heterocycles. The lowest BCUT2D eigenvalue weighted by atomic mass is 10.0. The van der Waals surface area contributed by atoms with Crippen LogP contribution in [0.4, 0.5) is 4.79 Å². The maximum Gasteiger partial charge on any atom is 0.408 e. The van der Waals surface area contributed by atoms with Gasteiger partial charge in [0.2, 0.25) is 0 Å². The molecule has 0 radical (unpaired) electrons. The average molecular weight is 414 g/mol. The minimum Gasteiger partial charge on any atom is -0.445 e. The highest BCUT2D eigenvalue weighted by molar-refractivity contribution is 7.18. The number of nitrogens with one attached hydrogen (secondary N) is 1. The third-order valence-corrected chi connectivity index (χ3v) is 5.76. The van der Waals surface area contributed by atoms with Gasteiger partial charge in [-0.05, 0) is 41.8 Å². The highest BCUT2D eigenvalue weighted by atomic mass is 32.1. The minimum atomic E-state index is -0.500. The van der Waals surface area contributed by atoms with Gasteiger partial charge in [0.15, 0.2) is 0 Å². The number of carbonyl (C=O) groups excluding carboxylic acids is 1. The summed E-state index contributed by atoms with van der Waals surface area (Å²) in [5, 5.41) is 12.9. The van der Waals surface area contributed by atoms with Crippen molar-refractivity contribution in [3.05, 3.63) is 101 Å². The van der Waals surface area contributed by atoms with Crippen LogP contribution in [0.5, 0.6) is 0 Å². The lowest BCUT2D eigenvalue weighted by molar-refractivity contribution is 0.135. The van der Waals surface area contributed by atoms with E-state index in [1.807, 2.05) is 72.8 Å². The predicted octanol–water partition coefficient (Wildman–Crippen LogP) is 5.38. The second kappa shape index (κ2) is 9.21. The van der Waals surface area contributed by atoms with E-state index in [0.717, 1.165) is 26.4 Å². The molecule has 0 spiro atoms. The maximum absolute atomic E-state index is 12.5. The molecule has 5 nitrogen and oxygen atoms in total. The van der Waals surface area contributed by atoms with Gasteiger partial charge in [0.05, 0.1) is 27.9 Å². The molecule has 0 saturated heterocycles. The van der Waals surface area contributed by atoms with E-state index in [0.29, 0.717) is 12.0 Å². The Morgan fingerprint density at radius 2 is 1.80 bits per heavy atom. The number of thiazole rings is 1. The zero-order chi connectivity index (χ0) is 20.8. The Balaban J connectivity index is 1.54. The van der Waals surface area contributed by atoms with Crippen molar-refractivity contribution >= 4 is 27.6 Å². The molecule has 0 aliphatic heterocycles. The van der Waals surface area contributed by atoms with Gasteiger partial charge in [-0.1, -0.05) is 54.6 Å². The molecular weight excluding hydrogens is 394 g/mol. The van der Waals surface area contributed by atoms with Crippen molar-refractivity contribution in [1.29, 1.82) is 5.26 Å². The van der Waals surface area contributed by atoms with Gasteiger partial charge in [-0.2, -0.15) is 5.26 Å². The van der Waals surface area contributed by atoms with Crippen LogP contribution in [0.3, 0.4) is 0 Å². The number of aromatic nitrogens is 1. The number of nitriles is 1. The number of carbonyl (C=O) groups is 1. The van der Waals surface area contributed by atoms with E-state index in [1.54, 1.807) is 17.4 Å². The average Bonchev–Trinajstić information content (AvgIpc) is 3.22. The van der Waals surface area contributed by atoms with Gasteiger partial charge in [0.1, 0.15) is 11.6 Å². The van der Waals surface area contributed by atoms with Crippen molar-refractivity contribution in [2.24, 2.45) is 0 Å². The molecule has 1 atom stereocenters. The van der Waals surface area contributed by atoms with E-state index >= 15 is 0 Å². The normalized spacial score (nSPS) is 11.6. The van der Waals surface area contributed by atoms with Crippen LogP contribution in [0.1, 0.15) is 27.7 Å². The summed E-state index contributed by atoms with van der Waals surface area (Å²) in [6.45, 7) is 0.198. The molecule has 4 aromatic rings. The fourth-order valence-corrected chi connectivity index (χ4v) is 4.17. The van der Waals surface area contributed by atoms with Crippen LogP contribution >= 0.6 is 11.3 Å². The Hall–Kier alpha value is -3.69. The van der Waals surface area contributed by atoms with Gasteiger partial charge in [-0.15, -0.1) is 11.3 Å². The quantitative estimate of drug-likeness (QED) is 0.461. The highest BCUT2D eigenvalue weighted by Gasteiger charge is 2.20. The van der Waals surface area contributed by atoms with Crippen molar-refractivity contribution in [3.63, 3.8) is 0 Å². The molecule has 1 aromatic heterocycles. The minimum absolute atomic E-state index is 0.198. The van der Waals surface area contributed by atoms with Crippen molar-refractivity contribution in [2.45, 2.75) is 19.1 Å². The Morgan fingerprint density at radius 3 is 2.60 bits per heavy atom. The van der Waals surface area contributed by atoms with E-state index in [-0.39, 0.29) is 12.6 Å². The smallest absolute Gasteiger partial charge is 0.408 e. The van der Waals surface area contributed by atoms with E-state index in [2.05, 4.69) is 11.4 Å². The number of alkyl carbamates (subject to hydrolysis) is 1. The van der Waals surface area contributed by atoms with Crippen molar-refractivity contribution in [3.8, 4) is 6.07 Å². The summed E-state index contributed by atoms with van der Waals surface area (Å²) in [4.78, 5) is 17.2. The fraction of sp³-hybridized carbons (Fsp3) is 0.125. The molecule has 0 saturated carbocycles. The summed E-state index contributed by atoms with van der Waals surface area (Å²) in [5.41, 5.74) is 3.35. The van der Waals surface area contributed by atoms with Crippen LogP contribution in [0.2, 0.25) is 0 Å². The first kappa shape index (κ1) is 19.6. The molecule has 0 aliphatic carbocycles. The lowest BCUT2D eigenvalue weighted by Gasteiger charge is -2.17. The second-order valence-corrected chi connectivity index (χ2v) is 7.86. The van der Waals surface area contributed by atoms with Gasteiger partial charge in [-0.3, -0.25) is 0 Å². The van der Waals surface area contributed by atoms with E-state index in [9.17, 15) is 10.1 Å². The molecule has 1 amide bonds. The molecule has 0 aliphatic rings. The summed E-state index contributed by atoms with van der Waals surface area (Å²) in [6.07, 6.45) is 0.00928. The zero-order valence-corrected chi connectivity index (χ0v) is 16.9. The Kier molecular flexibility index (Phi) is 6.02. The van der Waals surface area contributed by atoms with Gasteiger partial charge in [0, 0.05) is 0 Å². The number of hydrogen-bond acceptors (Lipinski definition) is 5. The second-order valence-electron chi connectivity index (χ2n) is 6.79. The van der Waals surface area contributed by atoms with Crippen molar-refractivity contribution in [2.75, 3.05) is 0 Å². The first-order chi connectivity index (χ1) is 14.7. The van der Waals surface area contributed by atoms with Gasteiger partial charge >= 0.3 is 6.09 Å². The summed E-state index contributed by atoms with van der Waals surface area (Å²) >= 11 is 1.54. The van der Waals surface area contributed by atoms with Crippen molar-refractivity contribution < 1.29 is 9.53 Å². The molecular formula is C24H19N3O2S. The monoisotopic (exact) mass is 413 g/mol. The number of para-hydroxylation sites is 1. The molecule has 1 N–H and O–H groups in total. The summed E-state index contributed by atoms with van der Waals surface area (Å²) in [7, 11) is 0. The van der Waals surface area contributed by atoms with Crippen LogP contribution in [0.15, 0.2) is 78.9 Å². The van der Waals surface area contributed by atoms with Crippen molar-refractivity contribution in [1.82, 2.24) is 10.3 Å². The number of rotatable bonds is 6. The number of fused-ring (bicyclic) bond motifs is 1. The summed E-state index contributed by atoms with van der Waals surface area (Å²) in [6, 6.07) is 26.6. The number of amides is 1. The van der Waals surface area contributed by atoms with Gasteiger partial charge < -0.3 is 10.1 Å². The van der Waals surface area contributed by atoms with E-state index in [1.165, 1.54) is 0 Å². The Bertz CT molecular complexity index is 1160. The Labute approximate surface area is 178 Å². The largest absolute Gasteiger partial charge is 0.445 e. The van der Waals surface area contributed by atoms with Crippen LogP contribution in [-0.2, 0) is 17.8 Å². The third-order valence-electron chi connectivity index (χ3n) is 4.61. The molecule has 4 rings (SSSR count).